The van der Waals surface area contributed by atoms with Gasteiger partial charge in [-0.05, 0) is 37.6 Å². The number of nitrogens with zero attached hydrogens (tertiary/aromatic N) is 5. The van der Waals surface area contributed by atoms with Crippen molar-refractivity contribution in [1.82, 2.24) is 20.2 Å². The van der Waals surface area contributed by atoms with Crippen molar-refractivity contribution in [2.45, 2.75) is 62.3 Å². The number of carbonyl (C=O) groups is 4. The number of β-lactam (4-membered cyclic amide) rings is 1. The number of thioether (sulfide) groups is 2. The molecule has 0 radical (unpaired) electrons. The second-order valence-electron chi connectivity index (χ2n) is 10.2. The SMILES string of the molecule is CCCC[n+]1c(N)cc(N)nc1SCC1=C(C(=O)O)N2C(=O)C(NC(=O)/C(=N\OC(C)(C)C(=O)O)c3cnc(N)s3)C2SC1. The molecule has 0 aliphatic carbocycles. The molecule has 0 spiro atoms. The Bertz CT molecular complexity index is 1560. The molecule has 2 aliphatic heterocycles. The highest BCUT2D eigenvalue weighted by molar-refractivity contribution is 8.01. The minimum absolute atomic E-state index is 0.125. The van der Waals surface area contributed by atoms with Crippen LogP contribution in [0, 0.1) is 0 Å². The van der Waals surface area contributed by atoms with Crippen molar-refractivity contribution in [1.29, 1.82) is 0 Å². The molecule has 4 heterocycles. The van der Waals surface area contributed by atoms with Crippen LogP contribution in [0.5, 0.6) is 0 Å². The number of carboxylic acids is 2. The molecule has 236 valence electrons. The average molecular weight is 667 g/mol. The number of carbonyl (C=O) groups excluding carboxylic acids is 2. The Labute approximate surface area is 264 Å². The summed E-state index contributed by atoms with van der Waals surface area (Å²) in [6.45, 7) is 5.16. The van der Waals surface area contributed by atoms with Gasteiger partial charge in [-0.15, -0.1) is 11.8 Å². The maximum absolute atomic E-state index is 13.3. The third kappa shape index (κ3) is 6.83. The Hall–Kier alpha value is -4.10. The lowest BCUT2D eigenvalue weighted by Gasteiger charge is -2.49. The van der Waals surface area contributed by atoms with Crippen LogP contribution in [0.25, 0.3) is 0 Å². The second kappa shape index (κ2) is 13.3. The minimum atomic E-state index is -1.76. The molecule has 16 nitrogen and oxygen atoms in total. The van der Waals surface area contributed by atoms with E-state index in [9.17, 15) is 29.4 Å². The maximum atomic E-state index is 13.3. The highest BCUT2D eigenvalue weighted by Crippen LogP contribution is 2.41. The number of thiazole rings is 1. The zero-order valence-electron chi connectivity index (χ0n) is 24.0. The smallest absolute Gasteiger partial charge is 0.352 e. The average Bonchev–Trinajstić information content (AvgIpc) is 3.38. The van der Waals surface area contributed by atoms with Gasteiger partial charge in [-0.25, -0.2) is 19.1 Å². The lowest BCUT2D eigenvalue weighted by Crippen LogP contribution is -2.71. The number of oxime groups is 1. The van der Waals surface area contributed by atoms with Crippen LogP contribution in [0.1, 0.15) is 38.5 Å². The fraction of sp³-hybridized carbons (Fsp3) is 0.440. The summed E-state index contributed by atoms with van der Waals surface area (Å²) in [6, 6.07) is 0.486. The molecule has 0 bridgehead atoms. The van der Waals surface area contributed by atoms with Crippen molar-refractivity contribution in [2.75, 3.05) is 28.7 Å². The van der Waals surface area contributed by atoms with Crippen molar-refractivity contribution in [2.24, 2.45) is 5.16 Å². The maximum Gasteiger partial charge on any atom is 0.352 e. The number of fused-ring (bicyclic) bond motifs is 1. The molecule has 9 N–H and O–H groups in total. The standard InChI is InChI=1S/C25H31N9O7S3/c1-4-5-6-33-14(27)7-13(26)30-24(33)43-10-11-9-42-20-16(19(36)34(20)17(11)21(37)38)31-18(35)15(12-8-29-23(28)44-12)32-41-25(2,3)22(39)40/h7-8,16,20H,4-6,9-10H2,1-3H3,(H8,26,27,28,29,31,32,35,37,38,39,40)/p+1. The van der Waals surface area contributed by atoms with E-state index in [1.54, 1.807) is 6.07 Å². The molecule has 2 atom stereocenters. The zero-order chi connectivity index (χ0) is 32.3. The number of nitrogen functional groups attached to an aromatic ring is 3. The van der Waals surface area contributed by atoms with Crippen molar-refractivity contribution in [3.63, 3.8) is 0 Å². The predicted octanol–water partition coefficient (Wildman–Crippen LogP) is 0.487. The van der Waals surface area contributed by atoms with Crippen LogP contribution in [-0.4, -0.2) is 83.1 Å². The normalized spacial score (nSPS) is 18.5. The molecule has 0 saturated carbocycles. The van der Waals surface area contributed by atoms with Gasteiger partial charge in [0.1, 0.15) is 17.1 Å². The Balaban J connectivity index is 1.53. The Morgan fingerprint density at radius 2 is 2.02 bits per heavy atom. The number of hydrogen-bond donors (Lipinski definition) is 6. The number of hydrogen-bond acceptors (Lipinski definition) is 14. The van der Waals surface area contributed by atoms with Gasteiger partial charge in [0.25, 0.3) is 11.8 Å². The van der Waals surface area contributed by atoms with E-state index in [0.29, 0.717) is 23.1 Å². The molecule has 2 unspecified atom stereocenters. The molecular weight excluding hydrogens is 635 g/mol. The van der Waals surface area contributed by atoms with Crippen LogP contribution in [0.2, 0.25) is 0 Å². The summed E-state index contributed by atoms with van der Waals surface area (Å²) in [5, 5.41) is 25.7. The van der Waals surface area contributed by atoms with Crippen LogP contribution in [-0.2, 0) is 30.6 Å². The number of anilines is 3. The Kier molecular flexibility index (Phi) is 9.89. The first-order valence-electron chi connectivity index (χ1n) is 13.3. The molecule has 44 heavy (non-hydrogen) atoms. The number of amides is 2. The van der Waals surface area contributed by atoms with Crippen LogP contribution < -0.4 is 27.1 Å². The molecular formula is C25H32N9O7S3+. The van der Waals surface area contributed by atoms with Gasteiger partial charge < -0.3 is 37.6 Å². The van der Waals surface area contributed by atoms with E-state index in [4.69, 9.17) is 22.0 Å². The number of nitrogens with one attached hydrogen (secondary N) is 1. The summed E-state index contributed by atoms with van der Waals surface area (Å²) in [5.74, 6) is -2.92. The third-order valence-electron chi connectivity index (χ3n) is 6.56. The Morgan fingerprint density at radius 3 is 2.64 bits per heavy atom. The monoisotopic (exact) mass is 666 g/mol. The molecule has 2 aromatic heterocycles. The number of aromatic nitrogens is 3. The first-order valence-corrected chi connectivity index (χ1v) is 16.1. The van der Waals surface area contributed by atoms with Crippen molar-refractivity contribution >= 4 is 81.1 Å². The first-order chi connectivity index (χ1) is 20.7. The minimum Gasteiger partial charge on any atom is -0.478 e. The molecule has 19 heteroatoms. The van der Waals surface area contributed by atoms with Gasteiger partial charge in [-0.1, -0.05) is 34.8 Å². The summed E-state index contributed by atoms with van der Waals surface area (Å²) in [5.41, 5.74) is 16.0. The predicted molar refractivity (Wildman–Crippen MR) is 164 cm³/mol. The van der Waals surface area contributed by atoms with Gasteiger partial charge in [0.05, 0.1) is 17.5 Å². The number of nitrogens with two attached hydrogens (primary N) is 3. The summed E-state index contributed by atoms with van der Waals surface area (Å²) < 4.78 is 1.82. The number of carboxylic acid groups (broad SMARTS) is 2. The fourth-order valence-corrected chi connectivity index (χ4v) is 7.35. The topological polar surface area (TPSA) is 253 Å². The van der Waals surface area contributed by atoms with Gasteiger partial charge in [-0.2, -0.15) is 0 Å². The number of unbranched alkanes of at least 4 members (excludes halogenated alkanes) is 1. The van der Waals surface area contributed by atoms with Gasteiger partial charge in [0.2, 0.25) is 17.2 Å². The van der Waals surface area contributed by atoms with Gasteiger partial charge in [0, 0.05) is 17.7 Å². The summed E-state index contributed by atoms with van der Waals surface area (Å²) in [7, 11) is 0. The lowest BCUT2D eigenvalue weighted by molar-refractivity contribution is -0.723. The van der Waals surface area contributed by atoms with Gasteiger partial charge in [0.15, 0.2) is 10.8 Å². The molecule has 1 fully saturated rings. The van der Waals surface area contributed by atoms with Crippen LogP contribution >= 0.6 is 34.9 Å². The third-order valence-corrected chi connectivity index (χ3v) is 9.80. The van der Waals surface area contributed by atoms with Crippen molar-refractivity contribution < 1.29 is 38.8 Å². The van der Waals surface area contributed by atoms with E-state index in [1.165, 1.54) is 43.6 Å². The van der Waals surface area contributed by atoms with Crippen LogP contribution in [0.3, 0.4) is 0 Å². The van der Waals surface area contributed by atoms with Crippen molar-refractivity contribution in [3.05, 3.63) is 28.4 Å². The summed E-state index contributed by atoms with van der Waals surface area (Å²) in [6.07, 6.45) is 3.06. The van der Waals surface area contributed by atoms with Crippen molar-refractivity contribution in [3.8, 4) is 0 Å². The molecule has 2 aromatic rings. The van der Waals surface area contributed by atoms with E-state index in [-0.39, 0.29) is 38.7 Å². The van der Waals surface area contributed by atoms with Crippen LogP contribution in [0.15, 0.2) is 33.8 Å². The quantitative estimate of drug-likeness (QED) is 0.0425. The molecule has 2 amide bonds. The van der Waals surface area contributed by atoms with Gasteiger partial charge >= 0.3 is 17.1 Å². The lowest BCUT2D eigenvalue weighted by atomic mass is 10.0. The van der Waals surface area contributed by atoms with E-state index in [0.717, 1.165) is 29.1 Å². The molecule has 4 rings (SSSR count). The fourth-order valence-electron chi connectivity index (χ4n) is 4.14. The summed E-state index contributed by atoms with van der Waals surface area (Å²) >= 11 is 3.47. The summed E-state index contributed by atoms with van der Waals surface area (Å²) in [4.78, 5) is 65.1. The first kappa shape index (κ1) is 32.8. The molecule has 1 saturated heterocycles. The number of rotatable bonds is 13. The number of aliphatic carboxylic acids is 2. The zero-order valence-corrected chi connectivity index (χ0v) is 26.4. The molecule has 0 aromatic carbocycles. The molecule has 2 aliphatic rings. The van der Waals surface area contributed by atoms with Crippen LogP contribution in [0.4, 0.5) is 16.8 Å². The largest absolute Gasteiger partial charge is 0.478 e. The second-order valence-corrected chi connectivity index (χ2v) is 13.3. The van der Waals surface area contributed by atoms with Gasteiger partial charge in [-0.3, -0.25) is 14.5 Å². The van der Waals surface area contributed by atoms with E-state index < -0.39 is 40.8 Å². The van der Waals surface area contributed by atoms with E-state index in [1.807, 2.05) is 11.5 Å². The Morgan fingerprint density at radius 1 is 1.30 bits per heavy atom. The highest BCUT2D eigenvalue weighted by Gasteiger charge is 2.54. The van der Waals surface area contributed by atoms with E-state index in [2.05, 4.69) is 20.4 Å². The highest BCUT2D eigenvalue weighted by atomic mass is 32.2. The van der Waals surface area contributed by atoms with E-state index >= 15 is 0 Å².